The normalized spacial score (nSPS) is 15.4. The minimum Gasteiger partial charge on any atom is -1.00 e. The van der Waals surface area contributed by atoms with Crippen LogP contribution in [0.1, 0.15) is 57.0 Å². The van der Waals surface area contributed by atoms with E-state index in [0.29, 0.717) is 41.5 Å². The second-order valence-corrected chi connectivity index (χ2v) is 11.4. The van der Waals surface area contributed by atoms with Gasteiger partial charge in [0, 0.05) is 36.5 Å². The summed E-state index contributed by atoms with van der Waals surface area (Å²) in [5, 5.41) is 27.2. The molecule has 0 bridgehead atoms. The third-order valence-electron chi connectivity index (χ3n) is 8.29. The van der Waals surface area contributed by atoms with E-state index in [9.17, 15) is 9.90 Å². The average molecular weight is 640 g/mol. The van der Waals surface area contributed by atoms with Gasteiger partial charge in [-0.2, -0.15) is 5.21 Å². The van der Waals surface area contributed by atoms with Crippen LogP contribution in [0.25, 0.3) is 28.1 Å². The number of nitrogens with zero attached hydrogens (tertiary/aromatic N) is 6. The Bertz CT molecular complexity index is 1850. The summed E-state index contributed by atoms with van der Waals surface area (Å²) in [4.78, 5) is 20.5. The van der Waals surface area contributed by atoms with E-state index >= 15 is 0 Å². The van der Waals surface area contributed by atoms with Crippen molar-refractivity contribution in [1.82, 2.24) is 35.1 Å². The van der Waals surface area contributed by atoms with Crippen molar-refractivity contribution in [2.75, 3.05) is 6.54 Å². The molecule has 45 heavy (non-hydrogen) atoms. The van der Waals surface area contributed by atoms with Gasteiger partial charge in [-0.1, -0.05) is 79.5 Å². The summed E-state index contributed by atoms with van der Waals surface area (Å²) >= 11 is 6.11. The van der Waals surface area contributed by atoms with Crippen LogP contribution in [0.4, 0.5) is 0 Å². The van der Waals surface area contributed by atoms with E-state index in [0.717, 1.165) is 58.7 Å². The smallest absolute Gasteiger partial charge is 1.00 e. The largest absolute Gasteiger partial charge is 1.00 e. The van der Waals surface area contributed by atoms with Gasteiger partial charge in [-0.25, -0.2) is 4.98 Å². The van der Waals surface area contributed by atoms with Crippen molar-refractivity contribution in [3.63, 3.8) is 0 Å². The first kappa shape index (κ1) is 33.6. The number of carbonyl (C=O) groups is 1. The molecule has 0 spiro atoms. The number of aliphatic hydroxyl groups excluding tert-OH is 1. The number of hydrogen-bond donors (Lipinski definition) is 2. The molecule has 0 radical (unpaired) electrons. The number of fused-ring (bicyclic) bond motifs is 3. The first-order chi connectivity index (χ1) is 21.0. The number of rotatable bonds is 8. The zero-order chi connectivity index (χ0) is 29.5. The Morgan fingerprint density at radius 3 is 2.51 bits per heavy atom. The molecule has 2 aliphatic heterocycles. The molecule has 2 N–H and O–H groups in total. The topological polar surface area (TPSA) is 113 Å². The van der Waals surface area contributed by atoms with Crippen molar-refractivity contribution in [3.8, 4) is 22.5 Å². The number of amides is 1. The van der Waals surface area contributed by atoms with Gasteiger partial charge >= 0.3 is 59.1 Å². The number of carbonyl (C=O) groups excluding carboxylic acids is 1. The van der Waals surface area contributed by atoms with Gasteiger partial charge < -0.3 is 17.4 Å². The van der Waals surface area contributed by atoms with Gasteiger partial charge in [-0.15, -0.1) is 10.2 Å². The summed E-state index contributed by atoms with van der Waals surface area (Å²) in [7, 11) is 0. The molecule has 0 saturated heterocycles. The van der Waals surface area contributed by atoms with Gasteiger partial charge in [0.15, 0.2) is 0 Å². The molecule has 3 aromatic carbocycles. The van der Waals surface area contributed by atoms with E-state index in [2.05, 4.69) is 62.4 Å². The van der Waals surface area contributed by atoms with Crippen LogP contribution in [0, 0.1) is 0 Å². The second-order valence-electron chi connectivity index (χ2n) is 10.9. The molecule has 1 unspecified atom stereocenters. The van der Waals surface area contributed by atoms with Gasteiger partial charge in [0.05, 0.1) is 17.0 Å². The molecular formula is C33H32ClN7Na2O2. The number of hydrogen-bond acceptors (Lipinski definition) is 6. The summed E-state index contributed by atoms with van der Waals surface area (Å²) < 4.78 is 2.20. The van der Waals surface area contributed by atoms with Crippen LogP contribution in [-0.4, -0.2) is 52.6 Å². The van der Waals surface area contributed by atoms with Crippen LogP contribution in [0.5, 0.6) is 0 Å². The Kier molecular flexibility index (Phi) is 10.7. The van der Waals surface area contributed by atoms with E-state index in [-0.39, 0.29) is 73.6 Å². The average Bonchev–Trinajstić information content (AvgIpc) is 3.75. The third kappa shape index (κ3) is 6.32. The van der Waals surface area contributed by atoms with Crippen molar-refractivity contribution in [2.24, 2.45) is 0 Å². The fraction of sp³-hybridized carbons (Fsp3) is 0.242. The molecule has 0 fully saturated rings. The van der Waals surface area contributed by atoms with Crippen molar-refractivity contribution < 1.29 is 71.9 Å². The standard InChI is InChI=1S/C33H30ClN7O2.2Na.2H/c1-2-3-9-27-35-26-16-17-40-30(31(42)28(33(40)43)22-11-13-23(34)14-12-22)29(26)41(27)19-20-10-15-24(21-7-5-4-6-8-21)25(18-20)32-36-38-39-37-32;;;;/h4-8,10-15,18,30,42H,2-3,9,16-17,19H2,1H3,(H,36,37,38,39);;;;/q;2*+1;2*-1. The molecule has 5 aromatic rings. The van der Waals surface area contributed by atoms with Gasteiger partial charge in [-0.3, -0.25) is 4.79 Å². The molecule has 0 aliphatic carbocycles. The summed E-state index contributed by atoms with van der Waals surface area (Å²) in [5.41, 5.74) is 6.74. The number of aryl methyl sites for hydroxylation is 1. The van der Waals surface area contributed by atoms with Gasteiger partial charge in [-0.05, 0) is 52.1 Å². The van der Waals surface area contributed by atoms with E-state index in [1.807, 2.05) is 18.2 Å². The van der Waals surface area contributed by atoms with Gasteiger partial charge in [0.25, 0.3) is 5.91 Å². The Morgan fingerprint density at radius 2 is 1.80 bits per heavy atom. The number of tetrazole rings is 1. The predicted molar refractivity (Wildman–Crippen MR) is 166 cm³/mol. The SMILES string of the molecule is CCCCc1nc2c(n1Cc1ccc(-c3ccccc3)c(-c3nn[nH]n3)c1)C1C(O)=C(c3ccc(Cl)cc3)C(=O)N1CC2.[H-].[H-].[Na+].[Na+]. The fourth-order valence-electron chi connectivity index (χ4n) is 6.24. The van der Waals surface area contributed by atoms with Crippen molar-refractivity contribution in [2.45, 2.75) is 45.2 Å². The van der Waals surface area contributed by atoms with E-state index in [1.165, 1.54) is 0 Å². The third-order valence-corrected chi connectivity index (χ3v) is 8.55. The molecule has 0 saturated carbocycles. The maximum absolute atomic E-state index is 13.7. The Balaban J connectivity index is 0.00000150. The molecule has 9 nitrogen and oxygen atoms in total. The summed E-state index contributed by atoms with van der Waals surface area (Å²) in [5.74, 6) is 1.36. The molecule has 12 heteroatoms. The van der Waals surface area contributed by atoms with Crippen LogP contribution >= 0.6 is 11.6 Å². The monoisotopic (exact) mass is 639 g/mol. The number of aliphatic hydroxyl groups is 1. The molecule has 4 heterocycles. The van der Waals surface area contributed by atoms with Gasteiger partial charge in [0.2, 0.25) is 5.82 Å². The first-order valence-electron chi connectivity index (χ1n) is 14.5. The Labute approximate surface area is 313 Å². The van der Waals surface area contributed by atoms with Crippen molar-refractivity contribution in [1.29, 1.82) is 0 Å². The molecule has 2 aliphatic rings. The molecular weight excluding hydrogens is 608 g/mol. The molecule has 7 rings (SSSR count). The van der Waals surface area contributed by atoms with E-state index in [4.69, 9.17) is 16.6 Å². The predicted octanol–water partition coefficient (Wildman–Crippen LogP) is 0.416. The van der Waals surface area contributed by atoms with Crippen LogP contribution < -0.4 is 59.1 Å². The van der Waals surface area contributed by atoms with Crippen LogP contribution in [0.2, 0.25) is 5.02 Å². The second kappa shape index (κ2) is 14.3. The van der Waals surface area contributed by atoms with E-state index < -0.39 is 6.04 Å². The summed E-state index contributed by atoms with van der Waals surface area (Å²) in [6, 6.07) is 22.9. The summed E-state index contributed by atoms with van der Waals surface area (Å²) in [6.45, 7) is 3.18. The number of halogens is 1. The zero-order valence-corrected chi connectivity index (χ0v) is 30.4. The number of aromatic nitrogens is 6. The number of nitrogens with one attached hydrogen (secondary N) is 1. The molecule has 220 valence electrons. The first-order valence-corrected chi connectivity index (χ1v) is 14.9. The maximum Gasteiger partial charge on any atom is 1.00 e. The number of benzene rings is 3. The van der Waals surface area contributed by atoms with E-state index in [1.54, 1.807) is 29.2 Å². The summed E-state index contributed by atoms with van der Waals surface area (Å²) in [6.07, 6.45) is 3.46. The van der Waals surface area contributed by atoms with Crippen LogP contribution in [0.15, 0.2) is 78.6 Å². The van der Waals surface area contributed by atoms with Crippen molar-refractivity contribution in [3.05, 3.63) is 112 Å². The number of aromatic amines is 1. The number of H-pyrrole nitrogens is 1. The van der Waals surface area contributed by atoms with Gasteiger partial charge in [0.1, 0.15) is 17.6 Å². The zero-order valence-electron chi connectivity index (χ0n) is 27.7. The molecule has 1 amide bonds. The van der Waals surface area contributed by atoms with Crippen LogP contribution in [-0.2, 0) is 24.2 Å². The fourth-order valence-corrected chi connectivity index (χ4v) is 6.37. The van der Waals surface area contributed by atoms with Crippen molar-refractivity contribution >= 4 is 23.1 Å². The maximum atomic E-state index is 13.7. The number of unbranched alkanes of at least 4 members (excludes halogenated alkanes) is 1. The number of imidazole rings is 1. The quantitative estimate of drug-likeness (QED) is 0.238. The van der Waals surface area contributed by atoms with Crippen LogP contribution in [0.3, 0.4) is 0 Å². The minimum atomic E-state index is -0.593. The Morgan fingerprint density at radius 1 is 1.02 bits per heavy atom. The Hall–Kier alpha value is -2.76. The minimum absolute atomic E-state index is 0. The molecule has 1 atom stereocenters. The molecule has 2 aromatic heterocycles.